The zero-order valence-electron chi connectivity index (χ0n) is 16.7. The topological polar surface area (TPSA) is 74.6 Å². The second kappa shape index (κ2) is 8.21. The SMILES string of the molecule is C#CCOc1ccc([C@H]2CC(=O)Nc3c2ncn3-c2ccc(OC)cc2)cc1OC. The number of anilines is 1. The molecule has 1 amide bonds. The number of fused-ring (bicyclic) bond motifs is 1. The molecule has 0 fully saturated rings. The third-order valence-corrected chi connectivity index (χ3v) is 5.02. The number of benzene rings is 2. The molecule has 0 saturated heterocycles. The van der Waals surface area contributed by atoms with Crippen LogP contribution in [0.5, 0.6) is 17.2 Å². The summed E-state index contributed by atoms with van der Waals surface area (Å²) in [4.78, 5) is 17.1. The standard InChI is InChI=1S/C23H21N3O4/c1-4-11-30-19-10-5-15(12-20(19)29-3)18-13-21(27)25-23-22(18)24-14-26(23)16-6-8-17(28-2)9-7-16/h1,5-10,12,14,18H,11,13H2,2-3H3,(H,25,27)/t18-/m1/s1. The second-order valence-corrected chi connectivity index (χ2v) is 6.75. The molecule has 152 valence electrons. The fourth-order valence-electron chi connectivity index (χ4n) is 3.56. The average molecular weight is 403 g/mol. The van der Waals surface area contributed by atoms with Gasteiger partial charge in [0.1, 0.15) is 24.5 Å². The molecule has 4 rings (SSSR count). The van der Waals surface area contributed by atoms with Gasteiger partial charge in [-0.05, 0) is 42.0 Å². The van der Waals surface area contributed by atoms with Crippen LogP contribution in [0.4, 0.5) is 5.82 Å². The molecule has 3 aromatic rings. The quantitative estimate of drug-likeness (QED) is 0.639. The number of ether oxygens (including phenoxy) is 3. The highest BCUT2D eigenvalue weighted by Crippen LogP contribution is 2.40. The Kier molecular flexibility index (Phi) is 5.31. The summed E-state index contributed by atoms with van der Waals surface area (Å²) in [5, 5.41) is 2.96. The van der Waals surface area contributed by atoms with E-state index in [0.29, 0.717) is 23.7 Å². The van der Waals surface area contributed by atoms with Gasteiger partial charge in [0, 0.05) is 18.0 Å². The average Bonchev–Trinajstić information content (AvgIpc) is 3.20. The van der Waals surface area contributed by atoms with Gasteiger partial charge in [-0.15, -0.1) is 6.42 Å². The normalized spacial score (nSPS) is 15.0. The maximum Gasteiger partial charge on any atom is 0.226 e. The maximum absolute atomic E-state index is 12.5. The summed E-state index contributed by atoms with van der Waals surface area (Å²) in [5.41, 5.74) is 2.59. The Hall–Kier alpha value is -3.92. The molecular weight excluding hydrogens is 382 g/mol. The summed E-state index contributed by atoms with van der Waals surface area (Å²) in [6, 6.07) is 13.1. The van der Waals surface area contributed by atoms with Gasteiger partial charge in [-0.2, -0.15) is 0 Å². The van der Waals surface area contributed by atoms with Gasteiger partial charge < -0.3 is 19.5 Å². The van der Waals surface area contributed by atoms with Crippen molar-refractivity contribution in [1.82, 2.24) is 9.55 Å². The molecule has 1 aliphatic rings. The molecule has 0 spiro atoms. The minimum atomic E-state index is -0.205. The molecular formula is C23H21N3O4. The Labute approximate surface area is 174 Å². The summed E-state index contributed by atoms with van der Waals surface area (Å²) >= 11 is 0. The number of amides is 1. The monoisotopic (exact) mass is 403 g/mol. The number of aromatic nitrogens is 2. The van der Waals surface area contributed by atoms with Crippen molar-refractivity contribution in [2.75, 3.05) is 26.1 Å². The lowest BCUT2D eigenvalue weighted by molar-refractivity contribution is -0.116. The van der Waals surface area contributed by atoms with E-state index >= 15 is 0 Å². The van der Waals surface area contributed by atoms with Gasteiger partial charge in [-0.25, -0.2) is 4.98 Å². The van der Waals surface area contributed by atoms with Crippen molar-refractivity contribution in [2.45, 2.75) is 12.3 Å². The van der Waals surface area contributed by atoms with Gasteiger partial charge >= 0.3 is 0 Å². The molecule has 1 atom stereocenters. The van der Waals surface area contributed by atoms with Crippen LogP contribution in [0.25, 0.3) is 5.69 Å². The number of rotatable bonds is 6. The summed E-state index contributed by atoms with van der Waals surface area (Å²) in [5.74, 6) is 4.70. The molecule has 2 heterocycles. The van der Waals surface area contributed by atoms with Crippen molar-refractivity contribution in [3.05, 3.63) is 60.0 Å². The van der Waals surface area contributed by atoms with Crippen LogP contribution >= 0.6 is 0 Å². The molecule has 0 radical (unpaired) electrons. The van der Waals surface area contributed by atoms with Crippen molar-refractivity contribution in [2.24, 2.45) is 0 Å². The zero-order valence-corrected chi connectivity index (χ0v) is 16.7. The van der Waals surface area contributed by atoms with E-state index in [-0.39, 0.29) is 18.4 Å². The lowest BCUT2D eigenvalue weighted by Crippen LogP contribution is -2.25. The van der Waals surface area contributed by atoms with Crippen LogP contribution < -0.4 is 19.5 Å². The fourth-order valence-corrected chi connectivity index (χ4v) is 3.56. The Balaban J connectivity index is 1.72. The van der Waals surface area contributed by atoms with E-state index in [0.717, 1.165) is 22.7 Å². The van der Waals surface area contributed by atoms with Crippen LogP contribution in [0.2, 0.25) is 0 Å². The van der Waals surface area contributed by atoms with Crippen LogP contribution in [-0.2, 0) is 4.79 Å². The largest absolute Gasteiger partial charge is 0.497 e. The van der Waals surface area contributed by atoms with E-state index in [9.17, 15) is 4.79 Å². The Bertz CT molecular complexity index is 1110. The Morgan fingerprint density at radius 1 is 1.17 bits per heavy atom. The molecule has 0 bridgehead atoms. The first-order valence-corrected chi connectivity index (χ1v) is 9.40. The van der Waals surface area contributed by atoms with Gasteiger partial charge in [0.15, 0.2) is 11.5 Å². The number of terminal acetylenes is 1. The molecule has 7 heteroatoms. The summed E-state index contributed by atoms with van der Waals surface area (Å²) in [6.07, 6.45) is 7.28. The molecule has 2 aromatic carbocycles. The summed E-state index contributed by atoms with van der Waals surface area (Å²) in [7, 11) is 3.19. The van der Waals surface area contributed by atoms with Gasteiger partial charge in [0.25, 0.3) is 0 Å². The van der Waals surface area contributed by atoms with Crippen molar-refractivity contribution in [1.29, 1.82) is 0 Å². The van der Waals surface area contributed by atoms with Gasteiger partial charge in [-0.1, -0.05) is 12.0 Å². The van der Waals surface area contributed by atoms with E-state index in [1.54, 1.807) is 26.6 Å². The lowest BCUT2D eigenvalue weighted by Gasteiger charge is -2.24. The van der Waals surface area contributed by atoms with Crippen LogP contribution in [0.15, 0.2) is 48.8 Å². The highest BCUT2D eigenvalue weighted by molar-refractivity contribution is 5.94. The number of carbonyl (C=O) groups excluding carboxylic acids is 1. The smallest absolute Gasteiger partial charge is 0.226 e. The van der Waals surface area contributed by atoms with E-state index < -0.39 is 0 Å². The summed E-state index contributed by atoms with van der Waals surface area (Å²) < 4.78 is 18.1. The fraction of sp³-hybridized carbons (Fsp3) is 0.217. The molecule has 1 aromatic heterocycles. The van der Waals surface area contributed by atoms with Gasteiger partial charge in [0.05, 0.1) is 19.9 Å². The van der Waals surface area contributed by atoms with E-state index in [1.165, 1.54) is 0 Å². The van der Waals surface area contributed by atoms with E-state index in [4.69, 9.17) is 20.6 Å². The van der Waals surface area contributed by atoms with Crippen molar-refractivity contribution < 1.29 is 19.0 Å². The predicted octanol–water partition coefficient (Wildman–Crippen LogP) is 3.38. The number of methoxy groups -OCH3 is 2. The maximum atomic E-state index is 12.5. The van der Waals surface area contributed by atoms with E-state index in [2.05, 4.69) is 16.2 Å². The minimum absolute atomic E-state index is 0.0746. The summed E-state index contributed by atoms with van der Waals surface area (Å²) in [6.45, 7) is 0.151. The number of hydrogen-bond donors (Lipinski definition) is 1. The highest BCUT2D eigenvalue weighted by atomic mass is 16.5. The lowest BCUT2D eigenvalue weighted by atomic mass is 9.89. The molecule has 0 unspecified atom stereocenters. The van der Waals surface area contributed by atoms with Crippen LogP contribution in [0, 0.1) is 12.3 Å². The first kappa shape index (κ1) is 19.4. The minimum Gasteiger partial charge on any atom is -0.497 e. The third-order valence-electron chi connectivity index (χ3n) is 5.02. The zero-order chi connectivity index (χ0) is 21.1. The predicted molar refractivity (Wildman–Crippen MR) is 113 cm³/mol. The second-order valence-electron chi connectivity index (χ2n) is 6.75. The number of imidazole rings is 1. The first-order chi connectivity index (χ1) is 14.6. The molecule has 1 N–H and O–H groups in total. The molecule has 0 saturated carbocycles. The number of nitrogens with one attached hydrogen (secondary N) is 1. The van der Waals surface area contributed by atoms with Crippen molar-refractivity contribution in [3.63, 3.8) is 0 Å². The van der Waals surface area contributed by atoms with E-state index in [1.807, 2.05) is 41.0 Å². The van der Waals surface area contributed by atoms with Gasteiger partial charge in [0.2, 0.25) is 5.91 Å². The Morgan fingerprint density at radius 3 is 2.67 bits per heavy atom. The first-order valence-electron chi connectivity index (χ1n) is 9.40. The molecule has 0 aliphatic carbocycles. The highest BCUT2D eigenvalue weighted by Gasteiger charge is 2.31. The number of hydrogen-bond acceptors (Lipinski definition) is 5. The third kappa shape index (κ3) is 3.55. The van der Waals surface area contributed by atoms with Crippen LogP contribution in [-0.4, -0.2) is 36.3 Å². The van der Waals surface area contributed by atoms with Crippen molar-refractivity contribution in [3.8, 4) is 35.3 Å². The molecule has 7 nitrogen and oxygen atoms in total. The number of carbonyl (C=O) groups is 1. The van der Waals surface area contributed by atoms with Crippen molar-refractivity contribution >= 4 is 11.7 Å². The van der Waals surface area contributed by atoms with Crippen LogP contribution in [0.3, 0.4) is 0 Å². The van der Waals surface area contributed by atoms with Gasteiger partial charge in [-0.3, -0.25) is 9.36 Å². The Morgan fingerprint density at radius 2 is 1.97 bits per heavy atom. The molecule has 30 heavy (non-hydrogen) atoms. The molecule has 1 aliphatic heterocycles. The number of nitrogens with zero attached hydrogens (tertiary/aromatic N) is 2. The van der Waals surface area contributed by atoms with Crippen LogP contribution in [0.1, 0.15) is 23.6 Å².